The van der Waals surface area contributed by atoms with Crippen LogP contribution in [-0.2, 0) is 13.1 Å². The van der Waals surface area contributed by atoms with Gasteiger partial charge in [-0.1, -0.05) is 6.07 Å². The van der Waals surface area contributed by atoms with Crippen LogP contribution in [0.25, 0.3) is 0 Å². The molecule has 1 N–H and O–H groups in total. The van der Waals surface area contributed by atoms with E-state index >= 15 is 0 Å². The summed E-state index contributed by atoms with van der Waals surface area (Å²) in [6.07, 6.45) is 0. The van der Waals surface area contributed by atoms with Crippen LogP contribution in [0.1, 0.15) is 16.1 Å². The molecule has 0 spiro atoms. The lowest BCUT2D eigenvalue weighted by molar-refractivity contribution is -0.385. The van der Waals surface area contributed by atoms with Crippen molar-refractivity contribution in [1.82, 2.24) is 10.3 Å². The second-order valence-electron chi connectivity index (χ2n) is 4.01. The van der Waals surface area contributed by atoms with E-state index in [9.17, 15) is 10.1 Å². The van der Waals surface area contributed by atoms with E-state index in [-0.39, 0.29) is 10.6 Å². The summed E-state index contributed by atoms with van der Waals surface area (Å²) >= 11 is 4.78. The minimum absolute atomic E-state index is 0.0910. The van der Waals surface area contributed by atoms with Crippen molar-refractivity contribution in [2.45, 2.75) is 20.0 Å². The number of halogens is 1. The first kappa shape index (κ1) is 14.1. The van der Waals surface area contributed by atoms with Gasteiger partial charge in [-0.2, -0.15) is 0 Å². The van der Waals surface area contributed by atoms with E-state index < -0.39 is 0 Å². The van der Waals surface area contributed by atoms with Gasteiger partial charge in [-0.3, -0.25) is 10.1 Å². The van der Waals surface area contributed by atoms with Gasteiger partial charge in [-0.05, 0) is 34.5 Å². The molecule has 2 aromatic rings. The van der Waals surface area contributed by atoms with E-state index in [1.165, 1.54) is 4.88 Å². The number of nitro benzene ring substituents is 1. The summed E-state index contributed by atoms with van der Waals surface area (Å²) in [4.78, 5) is 15.8. The molecule has 7 heteroatoms. The highest BCUT2D eigenvalue weighted by atomic mass is 79.9. The van der Waals surface area contributed by atoms with Gasteiger partial charge in [0.1, 0.15) is 0 Å². The third kappa shape index (κ3) is 3.59. The second-order valence-corrected chi connectivity index (χ2v) is 5.80. The summed E-state index contributed by atoms with van der Waals surface area (Å²) in [7, 11) is 0. The van der Waals surface area contributed by atoms with Crippen LogP contribution in [0.5, 0.6) is 0 Å². The van der Waals surface area contributed by atoms with Crippen LogP contribution in [0.4, 0.5) is 5.69 Å². The second kappa shape index (κ2) is 6.23. The first-order valence-electron chi connectivity index (χ1n) is 5.60. The molecule has 0 aliphatic heterocycles. The first-order valence-corrected chi connectivity index (χ1v) is 7.27. The van der Waals surface area contributed by atoms with Gasteiger partial charge in [-0.15, -0.1) is 11.3 Å². The fraction of sp³-hybridized carbons (Fsp3) is 0.250. The lowest BCUT2D eigenvalue weighted by atomic mass is 10.2. The van der Waals surface area contributed by atoms with Crippen molar-refractivity contribution in [2.24, 2.45) is 0 Å². The maximum atomic E-state index is 10.8. The molecule has 0 amide bonds. The molecule has 0 aliphatic rings. The molecule has 0 bridgehead atoms. The van der Waals surface area contributed by atoms with Crippen LogP contribution in [-0.4, -0.2) is 9.91 Å². The smallest absolute Gasteiger partial charge is 0.283 e. The maximum absolute atomic E-state index is 10.8. The van der Waals surface area contributed by atoms with Gasteiger partial charge >= 0.3 is 0 Å². The summed E-state index contributed by atoms with van der Waals surface area (Å²) in [5.41, 5.74) is 3.82. The number of nitro groups is 1. The summed E-state index contributed by atoms with van der Waals surface area (Å²) in [5, 5.41) is 14.1. The normalized spacial score (nSPS) is 10.6. The topological polar surface area (TPSA) is 68.1 Å². The van der Waals surface area contributed by atoms with E-state index in [1.54, 1.807) is 23.5 Å². The predicted molar refractivity (Wildman–Crippen MR) is 78.2 cm³/mol. The number of thiazole rings is 1. The Labute approximate surface area is 123 Å². The number of aryl methyl sites for hydroxylation is 1. The van der Waals surface area contributed by atoms with Crippen molar-refractivity contribution in [1.29, 1.82) is 0 Å². The molecule has 1 heterocycles. The Bertz CT molecular complexity index is 600. The summed E-state index contributed by atoms with van der Waals surface area (Å²) in [6.45, 7) is 3.28. The number of benzene rings is 1. The molecule has 0 aliphatic carbocycles. The third-order valence-electron chi connectivity index (χ3n) is 2.67. The van der Waals surface area contributed by atoms with Crippen molar-refractivity contribution in [2.75, 3.05) is 0 Å². The quantitative estimate of drug-likeness (QED) is 0.668. The highest BCUT2D eigenvalue weighted by Gasteiger charge is 2.12. The molecule has 5 nitrogen and oxygen atoms in total. The number of hydrogen-bond acceptors (Lipinski definition) is 5. The SMILES string of the molecule is Cc1ncsc1CNCc1ccc(Br)c([N+](=O)[O-])c1. The molecule has 0 atom stereocenters. The monoisotopic (exact) mass is 341 g/mol. The average Bonchev–Trinajstić information content (AvgIpc) is 2.77. The van der Waals surface area contributed by atoms with Crippen LogP contribution in [0.3, 0.4) is 0 Å². The molecule has 0 unspecified atom stereocenters. The van der Waals surface area contributed by atoms with Gasteiger partial charge in [0, 0.05) is 24.0 Å². The van der Waals surface area contributed by atoms with Crippen LogP contribution >= 0.6 is 27.3 Å². The van der Waals surface area contributed by atoms with Gasteiger partial charge in [-0.25, -0.2) is 4.98 Å². The number of rotatable bonds is 5. The van der Waals surface area contributed by atoms with Gasteiger partial charge in [0.05, 0.1) is 20.6 Å². The molecule has 1 aromatic heterocycles. The van der Waals surface area contributed by atoms with Crippen molar-refractivity contribution >= 4 is 33.0 Å². The fourth-order valence-electron chi connectivity index (χ4n) is 1.62. The van der Waals surface area contributed by atoms with Gasteiger partial charge < -0.3 is 5.32 Å². The highest BCUT2D eigenvalue weighted by molar-refractivity contribution is 9.10. The number of nitrogens with one attached hydrogen (secondary N) is 1. The van der Waals surface area contributed by atoms with E-state index in [4.69, 9.17) is 0 Å². The zero-order valence-corrected chi connectivity index (χ0v) is 12.6. The minimum Gasteiger partial charge on any atom is -0.308 e. The molecule has 0 saturated heterocycles. The Morgan fingerprint density at radius 2 is 2.26 bits per heavy atom. The Hall–Kier alpha value is -1.31. The van der Waals surface area contributed by atoms with E-state index in [1.807, 2.05) is 18.5 Å². The Morgan fingerprint density at radius 1 is 1.47 bits per heavy atom. The maximum Gasteiger partial charge on any atom is 0.283 e. The largest absolute Gasteiger partial charge is 0.308 e. The molecule has 0 radical (unpaired) electrons. The lowest BCUT2D eigenvalue weighted by Gasteiger charge is -2.05. The first-order chi connectivity index (χ1) is 9.08. The molecule has 0 fully saturated rings. The standard InChI is InChI=1S/C12H12BrN3O2S/c1-8-12(19-7-15-8)6-14-5-9-2-3-10(13)11(4-9)16(17)18/h2-4,7,14H,5-6H2,1H3. The Morgan fingerprint density at radius 3 is 2.89 bits per heavy atom. The van der Waals surface area contributed by atoms with Crippen LogP contribution in [0.2, 0.25) is 0 Å². The third-order valence-corrected chi connectivity index (χ3v) is 4.27. The minimum atomic E-state index is -0.388. The van der Waals surface area contributed by atoms with Gasteiger partial charge in [0.25, 0.3) is 5.69 Å². The molecular formula is C12H12BrN3O2S. The average molecular weight is 342 g/mol. The Kier molecular flexibility index (Phi) is 4.62. The zero-order valence-electron chi connectivity index (χ0n) is 10.2. The molecular weight excluding hydrogens is 330 g/mol. The van der Waals surface area contributed by atoms with Crippen molar-refractivity contribution in [3.63, 3.8) is 0 Å². The van der Waals surface area contributed by atoms with E-state index in [2.05, 4.69) is 26.2 Å². The summed E-state index contributed by atoms with van der Waals surface area (Å²) < 4.78 is 0.500. The summed E-state index contributed by atoms with van der Waals surface area (Å²) in [5.74, 6) is 0. The predicted octanol–water partition coefficient (Wildman–Crippen LogP) is 3.41. The van der Waals surface area contributed by atoms with E-state index in [0.29, 0.717) is 11.0 Å². The van der Waals surface area contributed by atoms with Crippen LogP contribution in [0.15, 0.2) is 28.2 Å². The molecule has 0 saturated carbocycles. The molecule has 19 heavy (non-hydrogen) atoms. The number of nitrogens with zero attached hydrogens (tertiary/aromatic N) is 2. The van der Waals surface area contributed by atoms with Crippen LogP contribution in [0, 0.1) is 17.0 Å². The molecule has 1 aromatic carbocycles. The van der Waals surface area contributed by atoms with Crippen molar-refractivity contribution < 1.29 is 4.92 Å². The molecule has 100 valence electrons. The molecule has 2 rings (SSSR count). The van der Waals surface area contributed by atoms with Crippen molar-refractivity contribution in [3.8, 4) is 0 Å². The fourth-order valence-corrected chi connectivity index (χ4v) is 2.76. The highest BCUT2D eigenvalue weighted by Crippen LogP contribution is 2.25. The van der Waals surface area contributed by atoms with Crippen molar-refractivity contribution in [3.05, 3.63) is 54.4 Å². The number of hydrogen-bond donors (Lipinski definition) is 1. The summed E-state index contributed by atoms with van der Waals surface area (Å²) in [6, 6.07) is 5.15. The lowest BCUT2D eigenvalue weighted by Crippen LogP contribution is -2.12. The van der Waals surface area contributed by atoms with Crippen LogP contribution < -0.4 is 5.32 Å². The van der Waals surface area contributed by atoms with E-state index in [0.717, 1.165) is 17.8 Å². The Balaban J connectivity index is 1.98. The van der Waals surface area contributed by atoms with Gasteiger partial charge in [0.15, 0.2) is 0 Å². The number of aromatic nitrogens is 1. The zero-order chi connectivity index (χ0) is 13.8. The van der Waals surface area contributed by atoms with Gasteiger partial charge in [0.2, 0.25) is 0 Å².